The Bertz CT molecular complexity index is 1280. The van der Waals surface area contributed by atoms with Crippen molar-refractivity contribution in [2.75, 3.05) is 25.0 Å². The molecule has 8 rings (SSSR count). The number of hydrogen-bond acceptors (Lipinski definition) is 5. The number of halogens is 1. The molecule has 0 radical (unpaired) electrons. The maximum absolute atomic E-state index is 14.2. The van der Waals surface area contributed by atoms with Crippen LogP contribution in [0.4, 0.5) is 5.95 Å². The molecule has 8 nitrogen and oxygen atoms in total. The molecule has 1 amide bonds. The van der Waals surface area contributed by atoms with E-state index in [9.17, 15) is 4.79 Å². The van der Waals surface area contributed by atoms with E-state index in [4.69, 9.17) is 4.98 Å². The first-order chi connectivity index (χ1) is 17.5. The average Bonchev–Trinajstić information content (AvgIpc) is 3.46. The number of piperidine rings is 1. The van der Waals surface area contributed by atoms with Crippen LogP contribution in [0.3, 0.4) is 0 Å². The summed E-state index contributed by atoms with van der Waals surface area (Å²) >= 11 is 3.43. The first-order valence-electron chi connectivity index (χ1n) is 13.6. The molecule has 36 heavy (non-hydrogen) atoms. The minimum atomic E-state index is -0.363. The number of imidazole rings is 1. The number of hydrogen-bond donors (Lipinski definition) is 1. The number of benzene rings is 1. The van der Waals surface area contributed by atoms with Crippen LogP contribution in [0.15, 0.2) is 35.3 Å². The molecule has 1 N–H and O–H groups in total. The summed E-state index contributed by atoms with van der Waals surface area (Å²) < 4.78 is 4.91. The van der Waals surface area contributed by atoms with Gasteiger partial charge < -0.3 is 9.47 Å². The third-order valence-electron chi connectivity index (χ3n) is 9.43. The van der Waals surface area contributed by atoms with E-state index in [0.29, 0.717) is 22.5 Å². The fourth-order valence-corrected chi connectivity index (χ4v) is 8.54. The summed E-state index contributed by atoms with van der Waals surface area (Å²) in [5, 5.41) is 8.01. The van der Waals surface area contributed by atoms with E-state index in [1.165, 1.54) is 38.8 Å². The Kier molecular flexibility index (Phi) is 5.50. The molecule has 9 heteroatoms. The molecule has 2 atom stereocenters. The number of fused-ring (bicyclic) bond motifs is 1. The van der Waals surface area contributed by atoms with Crippen molar-refractivity contribution in [3.05, 3.63) is 35.3 Å². The molecule has 1 saturated heterocycles. The number of para-hydroxylation sites is 2. The van der Waals surface area contributed by atoms with Crippen molar-refractivity contribution in [2.45, 2.75) is 69.9 Å². The van der Waals surface area contributed by atoms with Crippen molar-refractivity contribution in [3.8, 4) is 0 Å². The molecule has 4 bridgehead atoms. The number of anilines is 1. The lowest BCUT2D eigenvalue weighted by atomic mass is 9.46. The fraction of sp³-hybridized carbons (Fsp3) is 0.630. The Hall–Kier alpha value is -2.26. The zero-order valence-corrected chi connectivity index (χ0v) is 22.3. The highest BCUT2D eigenvalue weighted by molar-refractivity contribution is 9.10. The largest absolute Gasteiger partial charge is 0.309 e. The second kappa shape index (κ2) is 8.65. The summed E-state index contributed by atoms with van der Waals surface area (Å²) in [5.41, 5.74) is 1.58. The van der Waals surface area contributed by atoms with Gasteiger partial charge in [0.2, 0.25) is 16.6 Å². The zero-order chi connectivity index (χ0) is 24.3. The van der Waals surface area contributed by atoms with Crippen LogP contribution in [0.1, 0.15) is 57.8 Å². The normalized spacial score (nSPS) is 31.8. The number of aromatic nitrogens is 5. The number of nitrogens with zero attached hydrogens (tertiary/aromatic N) is 6. The smallest absolute Gasteiger partial charge is 0.233 e. The van der Waals surface area contributed by atoms with Gasteiger partial charge in [-0.15, -0.1) is 5.10 Å². The summed E-state index contributed by atoms with van der Waals surface area (Å²) in [5.74, 6) is 1.98. The van der Waals surface area contributed by atoms with Gasteiger partial charge in [0.05, 0.1) is 22.0 Å². The van der Waals surface area contributed by atoms with Crippen molar-refractivity contribution >= 4 is 38.8 Å². The predicted octanol–water partition coefficient (Wildman–Crippen LogP) is 4.81. The van der Waals surface area contributed by atoms with Gasteiger partial charge in [-0.1, -0.05) is 18.6 Å². The van der Waals surface area contributed by atoms with Crippen molar-refractivity contribution in [3.63, 3.8) is 0 Å². The predicted molar refractivity (Wildman–Crippen MR) is 141 cm³/mol. The topological polar surface area (TPSA) is 80.9 Å². The molecule has 1 aromatic carbocycles. The van der Waals surface area contributed by atoms with Gasteiger partial charge in [-0.3, -0.25) is 10.1 Å². The number of likely N-dealkylation sites (tertiary alicyclic amines) is 1. The van der Waals surface area contributed by atoms with Crippen molar-refractivity contribution < 1.29 is 4.79 Å². The standard InChI is InChI=1S/C27H34BrN7O/c28-24-29-18-35(32-24)27-15-19-12-20(16-27)14-26(13-19,17-27)23(36)31-25-30-21-6-2-3-7-22(21)34(25)11-10-33-8-4-1-5-9-33/h2-3,6-7,18-20H,1,4-5,8-17H2,(H,30,31,36). The summed E-state index contributed by atoms with van der Waals surface area (Å²) in [6, 6.07) is 8.25. The minimum absolute atomic E-state index is 0.102. The maximum Gasteiger partial charge on any atom is 0.233 e. The third kappa shape index (κ3) is 3.81. The van der Waals surface area contributed by atoms with Gasteiger partial charge in [-0.2, -0.15) is 0 Å². The van der Waals surface area contributed by atoms with Crippen LogP contribution < -0.4 is 5.32 Å². The number of carbonyl (C=O) groups excluding carboxylic acids is 1. The molecule has 2 unspecified atom stereocenters. The van der Waals surface area contributed by atoms with Gasteiger partial charge in [0.1, 0.15) is 6.33 Å². The van der Waals surface area contributed by atoms with E-state index < -0.39 is 0 Å². The van der Waals surface area contributed by atoms with Gasteiger partial charge in [-0.05, 0) is 104 Å². The molecule has 4 saturated carbocycles. The highest BCUT2D eigenvalue weighted by Gasteiger charge is 2.61. The van der Waals surface area contributed by atoms with Crippen LogP contribution in [-0.4, -0.2) is 54.8 Å². The molecule has 5 fully saturated rings. The van der Waals surface area contributed by atoms with Gasteiger partial charge in [0, 0.05) is 13.1 Å². The van der Waals surface area contributed by atoms with Crippen LogP contribution in [0.25, 0.3) is 11.0 Å². The van der Waals surface area contributed by atoms with Crippen LogP contribution in [0.5, 0.6) is 0 Å². The van der Waals surface area contributed by atoms with Gasteiger partial charge in [0.15, 0.2) is 0 Å². The molecular weight excluding hydrogens is 518 g/mol. The quantitative estimate of drug-likeness (QED) is 0.475. The summed E-state index contributed by atoms with van der Waals surface area (Å²) in [7, 11) is 0. The van der Waals surface area contributed by atoms with E-state index in [1.54, 1.807) is 0 Å². The summed E-state index contributed by atoms with van der Waals surface area (Å²) in [6.07, 6.45) is 12.0. The molecule has 3 heterocycles. The van der Waals surface area contributed by atoms with Crippen LogP contribution in [0.2, 0.25) is 0 Å². The highest BCUT2D eigenvalue weighted by atomic mass is 79.9. The van der Waals surface area contributed by atoms with Gasteiger partial charge >= 0.3 is 0 Å². The van der Waals surface area contributed by atoms with Crippen molar-refractivity contribution in [1.82, 2.24) is 29.2 Å². The zero-order valence-electron chi connectivity index (χ0n) is 20.7. The van der Waals surface area contributed by atoms with E-state index in [-0.39, 0.29) is 16.9 Å². The molecule has 2 aromatic heterocycles. The Morgan fingerprint density at radius 1 is 1.06 bits per heavy atom. The SMILES string of the molecule is O=C(Nc1nc2ccccc2n1CCN1CCCCC1)C12CC3CC(C1)CC(n1cnc(Br)n1)(C3)C2. The summed E-state index contributed by atoms with van der Waals surface area (Å²) in [4.78, 5) is 26.0. The van der Waals surface area contributed by atoms with Crippen LogP contribution in [0, 0.1) is 17.3 Å². The Morgan fingerprint density at radius 2 is 1.83 bits per heavy atom. The maximum atomic E-state index is 14.2. The second-order valence-electron chi connectivity index (χ2n) is 11.9. The van der Waals surface area contributed by atoms with E-state index in [2.05, 4.69) is 57.6 Å². The summed E-state index contributed by atoms with van der Waals surface area (Å²) in [6.45, 7) is 4.16. The first-order valence-corrected chi connectivity index (χ1v) is 14.4. The van der Waals surface area contributed by atoms with Crippen molar-refractivity contribution in [2.24, 2.45) is 17.3 Å². The molecule has 4 aliphatic carbocycles. The Morgan fingerprint density at radius 3 is 2.58 bits per heavy atom. The van der Waals surface area contributed by atoms with E-state index >= 15 is 0 Å². The monoisotopic (exact) mass is 551 g/mol. The van der Waals surface area contributed by atoms with Crippen LogP contribution in [-0.2, 0) is 16.9 Å². The molecule has 190 valence electrons. The lowest BCUT2D eigenvalue weighted by Crippen LogP contribution is -2.60. The van der Waals surface area contributed by atoms with Gasteiger partial charge in [-0.25, -0.2) is 14.6 Å². The first kappa shape index (κ1) is 22.9. The fourth-order valence-electron chi connectivity index (χ4n) is 8.28. The molecule has 0 spiro atoms. The Labute approximate surface area is 220 Å². The third-order valence-corrected chi connectivity index (χ3v) is 9.79. The number of amides is 1. The van der Waals surface area contributed by atoms with E-state index in [1.807, 2.05) is 18.5 Å². The van der Waals surface area contributed by atoms with E-state index in [0.717, 1.165) is 56.2 Å². The number of rotatable bonds is 6. The van der Waals surface area contributed by atoms with Gasteiger partial charge in [0.25, 0.3) is 0 Å². The molecule has 5 aliphatic rings. The highest BCUT2D eigenvalue weighted by Crippen LogP contribution is 2.64. The average molecular weight is 553 g/mol. The van der Waals surface area contributed by atoms with Crippen molar-refractivity contribution in [1.29, 1.82) is 0 Å². The molecule has 1 aliphatic heterocycles. The van der Waals surface area contributed by atoms with Crippen LogP contribution >= 0.6 is 15.9 Å². The second-order valence-corrected chi connectivity index (χ2v) is 12.6. The Balaban J connectivity index is 1.18. The number of nitrogens with one attached hydrogen (secondary N) is 1. The lowest BCUT2D eigenvalue weighted by Gasteiger charge is -2.60. The molecular formula is C27H34BrN7O. The lowest BCUT2D eigenvalue weighted by molar-refractivity contribution is -0.150. The number of carbonyl (C=O) groups is 1. The minimum Gasteiger partial charge on any atom is -0.309 e. The molecule has 3 aromatic rings.